The maximum Gasteiger partial charge on any atom is 0.469 e. The topological polar surface area (TPSA) is 70.0 Å². The van der Waals surface area contributed by atoms with Crippen LogP contribution in [-0.2, 0) is 9.09 Å². The van der Waals surface area contributed by atoms with Crippen LogP contribution in [0.25, 0.3) is 0 Å². The average Bonchev–Trinajstić information content (AvgIpc) is 1.75. The Morgan fingerprint density at radius 1 is 1.64 bits per heavy atom. The van der Waals surface area contributed by atoms with Crippen LogP contribution in [0, 0.1) is 0 Å². The number of likely N-dealkylation sites (N-methyl/N-ethyl adjacent to an activating group) is 1. The summed E-state index contributed by atoms with van der Waals surface area (Å²) in [4.78, 5) is 18.8. The zero-order valence-corrected chi connectivity index (χ0v) is 7.20. The highest BCUT2D eigenvalue weighted by molar-refractivity contribution is 7.46. The van der Waals surface area contributed by atoms with Gasteiger partial charge in [0.2, 0.25) is 0 Å². The van der Waals surface area contributed by atoms with Gasteiger partial charge in [-0.1, -0.05) is 6.92 Å². The Morgan fingerprint density at radius 2 is 2.18 bits per heavy atom. The summed E-state index contributed by atoms with van der Waals surface area (Å²) in [5.74, 6) is 0. The number of nitrogens with zero attached hydrogens (tertiary/aromatic N) is 1. The van der Waals surface area contributed by atoms with Crippen molar-refractivity contribution in [2.75, 3.05) is 19.6 Å². The number of hydrogen-bond acceptors (Lipinski definition) is 3. The third-order valence-corrected chi connectivity index (χ3v) is 2.23. The third-order valence-electron chi connectivity index (χ3n) is 1.66. The standard InChI is InChI=1S/C5H12NO4P/c1-2-6-3-5(4-6)10-11(7,8)9/h5H,2-4H2,1H3,(H2,7,8,9). The van der Waals surface area contributed by atoms with Crippen molar-refractivity contribution in [1.29, 1.82) is 0 Å². The molecule has 0 aromatic carbocycles. The maximum atomic E-state index is 10.3. The molecule has 0 spiro atoms. The Balaban J connectivity index is 2.19. The first-order valence-corrected chi connectivity index (χ1v) is 5.00. The molecule has 0 unspecified atom stereocenters. The highest BCUT2D eigenvalue weighted by atomic mass is 31.2. The monoisotopic (exact) mass is 181 g/mol. The number of phosphoric ester groups is 1. The van der Waals surface area contributed by atoms with Crippen molar-refractivity contribution < 1.29 is 18.9 Å². The van der Waals surface area contributed by atoms with Gasteiger partial charge in [-0.25, -0.2) is 4.57 Å². The van der Waals surface area contributed by atoms with Crippen LogP contribution in [0.15, 0.2) is 0 Å². The van der Waals surface area contributed by atoms with Gasteiger partial charge in [-0.05, 0) is 6.54 Å². The molecule has 66 valence electrons. The van der Waals surface area contributed by atoms with Crippen molar-refractivity contribution >= 4 is 7.82 Å². The Morgan fingerprint density at radius 3 is 2.55 bits per heavy atom. The van der Waals surface area contributed by atoms with Crippen LogP contribution in [0.3, 0.4) is 0 Å². The fourth-order valence-corrected chi connectivity index (χ4v) is 1.56. The molecule has 1 rings (SSSR count). The molecule has 1 fully saturated rings. The number of likely N-dealkylation sites (tertiary alicyclic amines) is 1. The molecular weight excluding hydrogens is 169 g/mol. The van der Waals surface area contributed by atoms with E-state index in [-0.39, 0.29) is 6.10 Å². The van der Waals surface area contributed by atoms with E-state index >= 15 is 0 Å². The lowest BCUT2D eigenvalue weighted by molar-refractivity contribution is 0.00457. The molecule has 0 atom stereocenters. The molecule has 0 bridgehead atoms. The Bertz CT molecular complexity index is 173. The third kappa shape index (κ3) is 2.89. The Labute approximate surface area is 65.2 Å². The molecule has 0 aromatic heterocycles. The van der Waals surface area contributed by atoms with Crippen LogP contribution in [0.5, 0.6) is 0 Å². The molecular formula is C5H12NO4P. The summed E-state index contributed by atoms with van der Waals surface area (Å²) in [5, 5.41) is 0. The molecule has 1 heterocycles. The van der Waals surface area contributed by atoms with Gasteiger partial charge < -0.3 is 9.79 Å². The van der Waals surface area contributed by atoms with Gasteiger partial charge in [-0.3, -0.25) is 9.42 Å². The maximum absolute atomic E-state index is 10.3. The largest absolute Gasteiger partial charge is 0.469 e. The smallest absolute Gasteiger partial charge is 0.303 e. The minimum Gasteiger partial charge on any atom is -0.303 e. The van der Waals surface area contributed by atoms with Gasteiger partial charge in [0.25, 0.3) is 0 Å². The lowest BCUT2D eigenvalue weighted by atomic mass is 10.2. The lowest BCUT2D eigenvalue weighted by Gasteiger charge is -2.37. The van der Waals surface area contributed by atoms with E-state index in [9.17, 15) is 4.57 Å². The summed E-state index contributed by atoms with van der Waals surface area (Å²) in [6.45, 7) is 4.15. The molecule has 6 heteroatoms. The second-order valence-electron chi connectivity index (χ2n) is 2.57. The van der Waals surface area contributed by atoms with E-state index < -0.39 is 7.82 Å². The molecule has 1 aliphatic rings. The molecule has 2 N–H and O–H groups in total. The second-order valence-corrected chi connectivity index (χ2v) is 3.76. The molecule has 1 aliphatic heterocycles. The fraction of sp³-hybridized carbons (Fsp3) is 1.00. The minimum absolute atomic E-state index is 0.282. The van der Waals surface area contributed by atoms with Crippen molar-refractivity contribution in [2.24, 2.45) is 0 Å². The van der Waals surface area contributed by atoms with E-state index in [1.54, 1.807) is 0 Å². The summed E-state index contributed by atoms with van der Waals surface area (Å²) in [7, 11) is -4.25. The van der Waals surface area contributed by atoms with Gasteiger partial charge in [0.15, 0.2) is 0 Å². The second kappa shape index (κ2) is 3.21. The lowest BCUT2D eigenvalue weighted by Crippen LogP contribution is -2.51. The summed E-state index contributed by atoms with van der Waals surface area (Å²) >= 11 is 0. The predicted molar refractivity (Wildman–Crippen MR) is 39.0 cm³/mol. The van der Waals surface area contributed by atoms with Crippen molar-refractivity contribution in [3.05, 3.63) is 0 Å². The molecule has 1 saturated heterocycles. The van der Waals surface area contributed by atoms with E-state index in [0.29, 0.717) is 13.1 Å². The zero-order chi connectivity index (χ0) is 8.48. The first kappa shape index (κ1) is 9.16. The van der Waals surface area contributed by atoms with Gasteiger partial charge in [0, 0.05) is 13.1 Å². The van der Waals surface area contributed by atoms with Crippen LogP contribution in [0.1, 0.15) is 6.92 Å². The van der Waals surface area contributed by atoms with E-state index in [1.807, 2.05) is 11.8 Å². The molecule has 0 aliphatic carbocycles. The first-order chi connectivity index (χ1) is 5.01. The Kier molecular flexibility index (Phi) is 2.67. The molecule has 0 aromatic rings. The van der Waals surface area contributed by atoms with Crippen LogP contribution in [0.4, 0.5) is 0 Å². The zero-order valence-electron chi connectivity index (χ0n) is 6.30. The van der Waals surface area contributed by atoms with Crippen molar-refractivity contribution in [1.82, 2.24) is 4.90 Å². The van der Waals surface area contributed by atoms with Crippen LogP contribution in [0.2, 0.25) is 0 Å². The van der Waals surface area contributed by atoms with E-state index in [1.165, 1.54) is 0 Å². The normalized spacial score (nSPS) is 21.7. The van der Waals surface area contributed by atoms with Gasteiger partial charge in [-0.15, -0.1) is 0 Å². The van der Waals surface area contributed by atoms with Gasteiger partial charge in [-0.2, -0.15) is 0 Å². The van der Waals surface area contributed by atoms with Crippen molar-refractivity contribution in [3.8, 4) is 0 Å². The predicted octanol–water partition coefficient (Wildman–Crippen LogP) is -0.200. The summed E-state index contributed by atoms with van der Waals surface area (Å²) in [5.41, 5.74) is 0. The SMILES string of the molecule is CCN1CC(OP(=O)(O)O)C1. The number of rotatable bonds is 3. The first-order valence-electron chi connectivity index (χ1n) is 3.47. The van der Waals surface area contributed by atoms with Crippen LogP contribution < -0.4 is 0 Å². The highest BCUT2D eigenvalue weighted by Gasteiger charge is 2.31. The van der Waals surface area contributed by atoms with Gasteiger partial charge >= 0.3 is 7.82 Å². The van der Waals surface area contributed by atoms with E-state index in [4.69, 9.17) is 9.79 Å². The van der Waals surface area contributed by atoms with E-state index in [0.717, 1.165) is 6.54 Å². The van der Waals surface area contributed by atoms with Gasteiger partial charge in [0.1, 0.15) is 0 Å². The number of phosphoric acid groups is 1. The molecule has 5 nitrogen and oxygen atoms in total. The number of hydrogen-bond donors (Lipinski definition) is 2. The molecule has 11 heavy (non-hydrogen) atoms. The minimum atomic E-state index is -4.25. The quantitative estimate of drug-likeness (QED) is 0.590. The van der Waals surface area contributed by atoms with E-state index in [2.05, 4.69) is 4.52 Å². The summed E-state index contributed by atoms with van der Waals surface area (Å²) in [6, 6.07) is 0. The summed E-state index contributed by atoms with van der Waals surface area (Å²) in [6.07, 6.45) is -0.282. The fourth-order valence-electron chi connectivity index (χ4n) is 1.04. The van der Waals surface area contributed by atoms with Gasteiger partial charge in [0.05, 0.1) is 6.10 Å². The molecule has 0 saturated carbocycles. The Hall–Kier alpha value is 0.0700. The van der Waals surface area contributed by atoms with Crippen molar-refractivity contribution in [3.63, 3.8) is 0 Å². The molecule has 0 radical (unpaired) electrons. The van der Waals surface area contributed by atoms with Crippen LogP contribution >= 0.6 is 7.82 Å². The summed E-state index contributed by atoms with van der Waals surface area (Å²) < 4.78 is 14.7. The van der Waals surface area contributed by atoms with Crippen LogP contribution in [-0.4, -0.2) is 40.4 Å². The van der Waals surface area contributed by atoms with Crippen molar-refractivity contribution in [2.45, 2.75) is 13.0 Å². The molecule has 0 amide bonds. The average molecular weight is 181 g/mol. The highest BCUT2D eigenvalue weighted by Crippen LogP contribution is 2.39.